The van der Waals surface area contributed by atoms with Gasteiger partial charge in [-0.15, -0.1) is 0 Å². The van der Waals surface area contributed by atoms with E-state index in [-0.39, 0.29) is 0 Å². The summed E-state index contributed by atoms with van der Waals surface area (Å²) in [6, 6.07) is 10.8. The summed E-state index contributed by atoms with van der Waals surface area (Å²) < 4.78 is 11.6. The highest BCUT2D eigenvalue weighted by molar-refractivity contribution is 14.1. The molecule has 3 nitrogen and oxygen atoms in total. The zero-order chi connectivity index (χ0) is 14.7. The van der Waals surface area contributed by atoms with E-state index in [0.29, 0.717) is 22.1 Å². The fourth-order valence-electron chi connectivity index (χ4n) is 2.03. The number of benzene rings is 2. The third kappa shape index (κ3) is 3.02. The minimum atomic E-state index is -0.869. The third-order valence-corrected chi connectivity index (χ3v) is 4.21. The lowest BCUT2D eigenvalue weighted by Crippen LogP contribution is -2.06. The van der Waals surface area contributed by atoms with Gasteiger partial charge in [0.15, 0.2) is 0 Å². The van der Waals surface area contributed by atoms with Gasteiger partial charge in [-0.3, -0.25) is 0 Å². The van der Waals surface area contributed by atoms with Crippen LogP contribution in [-0.4, -0.2) is 19.3 Å². The first-order chi connectivity index (χ1) is 9.58. The Morgan fingerprint density at radius 2 is 1.70 bits per heavy atom. The SMILES string of the molecule is COc1cccc(OC)c1C(O)c1cc(Cl)ccc1I. The van der Waals surface area contributed by atoms with Crippen LogP contribution in [0.3, 0.4) is 0 Å². The smallest absolute Gasteiger partial charge is 0.128 e. The second-order valence-electron chi connectivity index (χ2n) is 4.14. The number of methoxy groups -OCH3 is 2. The molecule has 0 bridgehead atoms. The molecule has 5 heteroatoms. The summed E-state index contributed by atoms with van der Waals surface area (Å²) >= 11 is 8.19. The molecule has 0 amide bonds. The molecule has 20 heavy (non-hydrogen) atoms. The van der Waals surface area contributed by atoms with Crippen LogP contribution in [0.15, 0.2) is 36.4 Å². The summed E-state index contributed by atoms with van der Waals surface area (Å²) in [5, 5.41) is 11.3. The van der Waals surface area contributed by atoms with E-state index in [2.05, 4.69) is 22.6 Å². The zero-order valence-electron chi connectivity index (χ0n) is 11.1. The van der Waals surface area contributed by atoms with E-state index in [9.17, 15) is 5.11 Å². The van der Waals surface area contributed by atoms with E-state index in [1.54, 1.807) is 38.5 Å². The van der Waals surface area contributed by atoms with Crippen molar-refractivity contribution in [2.75, 3.05) is 14.2 Å². The lowest BCUT2D eigenvalue weighted by atomic mass is 9.99. The Labute approximate surface area is 136 Å². The van der Waals surface area contributed by atoms with Gasteiger partial charge in [-0.1, -0.05) is 17.7 Å². The molecule has 0 aliphatic rings. The molecular weight excluding hydrogens is 391 g/mol. The van der Waals surface area contributed by atoms with Gasteiger partial charge in [0.1, 0.15) is 17.6 Å². The first kappa shape index (κ1) is 15.4. The number of aliphatic hydroxyl groups excluding tert-OH is 1. The van der Waals surface area contributed by atoms with Crippen molar-refractivity contribution in [3.8, 4) is 11.5 Å². The van der Waals surface area contributed by atoms with Crippen LogP contribution in [0.4, 0.5) is 0 Å². The van der Waals surface area contributed by atoms with Crippen molar-refractivity contribution in [3.63, 3.8) is 0 Å². The summed E-state index contributed by atoms with van der Waals surface area (Å²) in [5.74, 6) is 1.15. The van der Waals surface area contributed by atoms with Gasteiger partial charge in [0, 0.05) is 14.2 Å². The highest BCUT2D eigenvalue weighted by Crippen LogP contribution is 2.39. The molecule has 0 spiro atoms. The average molecular weight is 405 g/mol. The Hall–Kier alpha value is -0.980. The van der Waals surface area contributed by atoms with Gasteiger partial charge >= 0.3 is 0 Å². The molecule has 0 heterocycles. The second-order valence-corrected chi connectivity index (χ2v) is 5.74. The minimum absolute atomic E-state index is 0.577. The molecule has 1 atom stereocenters. The van der Waals surface area contributed by atoms with Gasteiger partial charge in [-0.05, 0) is 52.9 Å². The molecule has 1 N–H and O–H groups in total. The molecule has 0 saturated carbocycles. The summed E-state index contributed by atoms with van der Waals surface area (Å²) in [7, 11) is 3.13. The Balaban J connectivity index is 2.58. The largest absolute Gasteiger partial charge is 0.496 e. The highest BCUT2D eigenvalue weighted by Gasteiger charge is 2.22. The monoisotopic (exact) mass is 404 g/mol. The number of hydrogen-bond acceptors (Lipinski definition) is 3. The summed E-state index contributed by atoms with van der Waals surface area (Å²) in [5.41, 5.74) is 1.32. The van der Waals surface area contributed by atoms with Crippen LogP contribution in [0.25, 0.3) is 0 Å². The van der Waals surface area contributed by atoms with Gasteiger partial charge in [-0.25, -0.2) is 0 Å². The van der Waals surface area contributed by atoms with E-state index in [1.165, 1.54) is 0 Å². The maximum Gasteiger partial charge on any atom is 0.128 e. The summed E-state index contributed by atoms with van der Waals surface area (Å²) in [6.45, 7) is 0. The van der Waals surface area contributed by atoms with E-state index >= 15 is 0 Å². The van der Waals surface area contributed by atoms with Crippen LogP contribution in [0, 0.1) is 3.57 Å². The Kier molecular flexibility index (Phi) is 5.12. The Bertz CT molecular complexity index is 594. The molecule has 106 valence electrons. The van der Waals surface area contributed by atoms with Gasteiger partial charge in [0.2, 0.25) is 0 Å². The predicted octanol–water partition coefficient (Wildman–Crippen LogP) is 4.04. The Morgan fingerprint density at radius 1 is 1.10 bits per heavy atom. The fraction of sp³-hybridized carbons (Fsp3) is 0.200. The van der Waals surface area contributed by atoms with Gasteiger partial charge in [0.25, 0.3) is 0 Å². The van der Waals surface area contributed by atoms with Crippen LogP contribution in [-0.2, 0) is 0 Å². The standard InChI is InChI=1S/C15H14ClIO3/c1-19-12-4-3-5-13(20-2)14(12)15(18)10-8-9(16)6-7-11(10)17/h3-8,15,18H,1-2H3. The molecule has 0 aliphatic heterocycles. The molecule has 2 aromatic rings. The maximum absolute atomic E-state index is 10.7. The lowest BCUT2D eigenvalue weighted by Gasteiger charge is -2.19. The van der Waals surface area contributed by atoms with Crippen molar-refractivity contribution in [2.45, 2.75) is 6.10 Å². The summed E-state index contributed by atoms with van der Waals surface area (Å²) in [6.07, 6.45) is -0.869. The van der Waals surface area contributed by atoms with Crippen molar-refractivity contribution in [1.82, 2.24) is 0 Å². The molecule has 0 radical (unpaired) electrons. The highest BCUT2D eigenvalue weighted by atomic mass is 127. The van der Waals surface area contributed by atoms with Crippen molar-refractivity contribution in [1.29, 1.82) is 0 Å². The zero-order valence-corrected chi connectivity index (χ0v) is 14.0. The molecule has 2 aromatic carbocycles. The first-order valence-corrected chi connectivity index (χ1v) is 7.38. The van der Waals surface area contributed by atoms with Crippen molar-refractivity contribution in [3.05, 3.63) is 56.1 Å². The van der Waals surface area contributed by atoms with Crippen LogP contribution >= 0.6 is 34.2 Å². The maximum atomic E-state index is 10.7. The van der Waals surface area contributed by atoms with Gasteiger partial charge < -0.3 is 14.6 Å². The van der Waals surface area contributed by atoms with Crippen molar-refractivity contribution < 1.29 is 14.6 Å². The second kappa shape index (κ2) is 6.65. The van der Waals surface area contributed by atoms with E-state index in [4.69, 9.17) is 21.1 Å². The number of hydrogen-bond donors (Lipinski definition) is 1. The van der Waals surface area contributed by atoms with Crippen LogP contribution in [0.5, 0.6) is 11.5 Å². The predicted molar refractivity (Wildman–Crippen MR) is 87.8 cm³/mol. The third-order valence-electron chi connectivity index (χ3n) is 2.99. The molecule has 2 rings (SSSR count). The van der Waals surface area contributed by atoms with Crippen LogP contribution in [0.2, 0.25) is 5.02 Å². The van der Waals surface area contributed by atoms with Crippen molar-refractivity contribution in [2.24, 2.45) is 0 Å². The molecule has 0 aromatic heterocycles. The molecule has 0 aliphatic carbocycles. The normalized spacial score (nSPS) is 12.1. The lowest BCUT2D eigenvalue weighted by molar-refractivity contribution is 0.208. The van der Waals surface area contributed by atoms with E-state index in [0.717, 1.165) is 9.13 Å². The fourth-order valence-corrected chi connectivity index (χ4v) is 2.84. The minimum Gasteiger partial charge on any atom is -0.496 e. The molecular formula is C15H14ClIO3. The quantitative estimate of drug-likeness (QED) is 0.782. The number of aliphatic hydroxyl groups is 1. The van der Waals surface area contributed by atoms with Gasteiger partial charge in [0.05, 0.1) is 19.8 Å². The molecule has 0 fully saturated rings. The molecule has 0 saturated heterocycles. The topological polar surface area (TPSA) is 38.7 Å². The summed E-state index contributed by atoms with van der Waals surface area (Å²) in [4.78, 5) is 0. The number of halogens is 2. The number of ether oxygens (including phenoxy) is 2. The van der Waals surface area contributed by atoms with Crippen LogP contribution in [0.1, 0.15) is 17.2 Å². The number of rotatable bonds is 4. The Morgan fingerprint density at radius 3 is 2.25 bits per heavy atom. The van der Waals surface area contributed by atoms with E-state index in [1.807, 2.05) is 12.1 Å². The van der Waals surface area contributed by atoms with Gasteiger partial charge in [-0.2, -0.15) is 0 Å². The average Bonchev–Trinajstić information content (AvgIpc) is 2.48. The molecule has 1 unspecified atom stereocenters. The van der Waals surface area contributed by atoms with Crippen molar-refractivity contribution >= 4 is 34.2 Å². The van der Waals surface area contributed by atoms with E-state index < -0.39 is 6.10 Å². The van der Waals surface area contributed by atoms with Crippen LogP contribution < -0.4 is 9.47 Å². The first-order valence-electron chi connectivity index (χ1n) is 5.92.